The number of piperidine rings is 1. The van der Waals surface area contributed by atoms with Crippen molar-refractivity contribution in [2.24, 2.45) is 5.92 Å². The summed E-state index contributed by atoms with van der Waals surface area (Å²) in [6.07, 6.45) is 11.0. The summed E-state index contributed by atoms with van der Waals surface area (Å²) in [6, 6.07) is 10.6. The maximum Gasteiger partial charge on any atom is 0.234 e. The minimum absolute atomic E-state index is 0.195. The molecule has 2 fully saturated rings. The summed E-state index contributed by atoms with van der Waals surface area (Å²) in [5.41, 5.74) is 3.34. The molecular formula is C27H39N3O2. The maximum atomic E-state index is 6.34. The van der Waals surface area contributed by atoms with Gasteiger partial charge in [-0.05, 0) is 69.7 Å². The zero-order chi connectivity index (χ0) is 22.3. The Morgan fingerprint density at radius 1 is 1.00 bits per heavy atom. The van der Waals surface area contributed by atoms with E-state index in [1.54, 1.807) is 0 Å². The Labute approximate surface area is 193 Å². The second-order valence-electron chi connectivity index (χ2n) is 9.73. The second kappa shape index (κ2) is 11.1. The molecule has 5 heteroatoms. The van der Waals surface area contributed by atoms with Crippen LogP contribution in [0.3, 0.4) is 0 Å². The van der Waals surface area contributed by atoms with Gasteiger partial charge in [0.25, 0.3) is 0 Å². The van der Waals surface area contributed by atoms with Crippen molar-refractivity contribution in [1.82, 2.24) is 15.1 Å². The molecule has 2 aliphatic rings. The van der Waals surface area contributed by atoms with Crippen molar-refractivity contribution in [2.45, 2.75) is 83.8 Å². The van der Waals surface area contributed by atoms with E-state index in [0.29, 0.717) is 17.9 Å². The molecule has 0 N–H and O–H groups in total. The molecule has 2 aromatic rings. The van der Waals surface area contributed by atoms with Gasteiger partial charge in [0.1, 0.15) is 11.9 Å². The molecule has 1 saturated heterocycles. The predicted octanol–water partition coefficient (Wildman–Crippen LogP) is 5.92. The third-order valence-corrected chi connectivity index (χ3v) is 6.94. The molecule has 5 nitrogen and oxygen atoms in total. The van der Waals surface area contributed by atoms with Crippen molar-refractivity contribution in [2.75, 3.05) is 20.1 Å². The van der Waals surface area contributed by atoms with Crippen molar-refractivity contribution >= 4 is 0 Å². The van der Waals surface area contributed by atoms with E-state index in [1.807, 2.05) is 0 Å². The molecule has 0 radical (unpaired) electrons. The summed E-state index contributed by atoms with van der Waals surface area (Å²) >= 11 is 0. The Morgan fingerprint density at radius 3 is 2.50 bits per heavy atom. The first-order valence-electron chi connectivity index (χ1n) is 12.6. The molecule has 2 unspecified atom stereocenters. The molecule has 32 heavy (non-hydrogen) atoms. The number of hydrogen-bond acceptors (Lipinski definition) is 5. The molecule has 1 aromatic carbocycles. The average molecular weight is 438 g/mol. The van der Waals surface area contributed by atoms with Crippen LogP contribution in [0.1, 0.15) is 70.9 Å². The summed E-state index contributed by atoms with van der Waals surface area (Å²) in [5, 5.41) is 9.05. The van der Waals surface area contributed by atoms with Crippen molar-refractivity contribution in [3.8, 4) is 22.8 Å². The first kappa shape index (κ1) is 23.0. The molecule has 4 rings (SSSR count). The Kier molecular flexibility index (Phi) is 8.01. The lowest BCUT2D eigenvalue weighted by Crippen LogP contribution is -2.42. The predicted molar refractivity (Wildman–Crippen MR) is 129 cm³/mol. The summed E-state index contributed by atoms with van der Waals surface area (Å²) in [6.45, 7) is 6.59. The highest BCUT2D eigenvalue weighted by molar-refractivity contribution is 5.67. The van der Waals surface area contributed by atoms with Gasteiger partial charge in [0.15, 0.2) is 0 Å². The topological polar surface area (TPSA) is 47.5 Å². The monoisotopic (exact) mass is 437 g/mol. The summed E-state index contributed by atoms with van der Waals surface area (Å²) < 4.78 is 12.6. The van der Waals surface area contributed by atoms with Gasteiger partial charge in [-0.15, -0.1) is 5.10 Å². The van der Waals surface area contributed by atoms with Gasteiger partial charge in [0, 0.05) is 30.6 Å². The van der Waals surface area contributed by atoms with Crippen molar-refractivity contribution in [3.63, 3.8) is 0 Å². The number of ether oxygens (including phenoxy) is 2. The Balaban J connectivity index is 1.51. The molecule has 2 atom stereocenters. The highest BCUT2D eigenvalue weighted by Gasteiger charge is 2.26. The standard InChI is InChI=1S/C27H39N3O2/c1-4-5-11-25-24(18-27(29-28-25)32-26-16-17-30(3)19-20(26)2)21-12-14-23(15-13-21)31-22-9-7-6-8-10-22/h12-15,18,20,22,26H,4-11,16-17,19H2,1-3H3. The molecule has 1 aliphatic carbocycles. The number of benzene rings is 1. The highest BCUT2D eigenvalue weighted by Crippen LogP contribution is 2.31. The van der Waals surface area contributed by atoms with E-state index in [9.17, 15) is 0 Å². The third-order valence-electron chi connectivity index (χ3n) is 6.94. The van der Waals surface area contributed by atoms with Crippen LogP contribution in [0, 0.1) is 5.92 Å². The van der Waals surface area contributed by atoms with E-state index >= 15 is 0 Å². The summed E-state index contributed by atoms with van der Waals surface area (Å²) in [7, 11) is 2.18. The largest absolute Gasteiger partial charge is 0.490 e. The fourth-order valence-electron chi connectivity index (χ4n) is 4.99. The number of nitrogens with zero attached hydrogens (tertiary/aromatic N) is 3. The molecule has 0 bridgehead atoms. The molecule has 0 amide bonds. The van der Waals surface area contributed by atoms with E-state index in [1.165, 1.54) is 32.1 Å². The highest BCUT2D eigenvalue weighted by atomic mass is 16.5. The summed E-state index contributed by atoms with van der Waals surface area (Å²) in [5.74, 6) is 2.09. The molecule has 2 heterocycles. The molecule has 1 aliphatic heterocycles. The van der Waals surface area contributed by atoms with E-state index in [4.69, 9.17) is 9.47 Å². The normalized spacial score (nSPS) is 22.6. The van der Waals surface area contributed by atoms with Crippen LogP contribution in [0.5, 0.6) is 11.6 Å². The number of unbranched alkanes of at least 4 members (excludes halogenated alkanes) is 1. The van der Waals surface area contributed by atoms with Crippen LogP contribution in [0.25, 0.3) is 11.1 Å². The van der Waals surface area contributed by atoms with Gasteiger partial charge >= 0.3 is 0 Å². The minimum Gasteiger partial charge on any atom is -0.490 e. The molecular weight excluding hydrogens is 398 g/mol. The van der Waals surface area contributed by atoms with Crippen LogP contribution < -0.4 is 9.47 Å². The van der Waals surface area contributed by atoms with Crippen LogP contribution in [0.4, 0.5) is 0 Å². The van der Waals surface area contributed by atoms with E-state index in [0.717, 1.165) is 61.3 Å². The number of hydrogen-bond donors (Lipinski definition) is 0. The first-order chi connectivity index (χ1) is 15.6. The van der Waals surface area contributed by atoms with Gasteiger partial charge < -0.3 is 14.4 Å². The van der Waals surface area contributed by atoms with Gasteiger partial charge in [-0.3, -0.25) is 0 Å². The van der Waals surface area contributed by atoms with Crippen molar-refractivity contribution in [3.05, 3.63) is 36.0 Å². The van der Waals surface area contributed by atoms with Gasteiger partial charge in [0.05, 0.1) is 11.8 Å². The number of aromatic nitrogens is 2. The van der Waals surface area contributed by atoms with Gasteiger partial charge in [0.2, 0.25) is 5.88 Å². The SMILES string of the molecule is CCCCc1nnc(OC2CCN(C)CC2C)cc1-c1ccc(OC2CCCCC2)cc1. The van der Waals surface area contributed by atoms with Crippen LogP contribution in [-0.2, 0) is 6.42 Å². The van der Waals surface area contributed by atoms with Crippen LogP contribution in [-0.4, -0.2) is 47.4 Å². The second-order valence-corrected chi connectivity index (χ2v) is 9.73. The minimum atomic E-state index is 0.195. The number of likely N-dealkylation sites (tertiary alicyclic amines) is 1. The number of aryl methyl sites for hydroxylation is 1. The first-order valence-corrected chi connectivity index (χ1v) is 12.6. The van der Waals surface area contributed by atoms with E-state index < -0.39 is 0 Å². The lowest BCUT2D eigenvalue weighted by atomic mass is 9.97. The molecule has 1 aromatic heterocycles. The molecule has 1 saturated carbocycles. The quantitative estimate of drug-likeness (QED) is 0.513. The summed E-state index contributed by atoms with van der Waals surface area (Å²) in [4.78, 5) is 2.37. The smallest absolute Gasteiger partial charge is 0.234 e. The maximum absolute atomic E-state index is 6.34. The van der Waals surface area contributed by atoms with Crippen LogP contribution in [0.2, 0.25) is 0 Å². The Morgan fingerprint density at radius 2 is 1.78 bits per heavy atom. The van der Waals surface area contributed by atoms with Gasteiger partial charge in [-0.1, -0.05) is 38.8 Å². The fourth-order valence-corrected chi connectivity index (χ4v) is 4.99. The molecule has 0 spiro atoms. The lowest BCUT2D eigenvalue weighted by molar-refractivity contribution is 0.0597. The van der Waals surface area contributed by atoms with Crippen LogP contribution in [0.15, 0.2) is 30.3 Å². The third kappa shape index (κ3) is 6.00. The van der Waals surface area contributed by atoms with E-state index in [-0.39, 0.29) is 6.10 Å². The number of rotatable bonds is 8. The molecule has 174 valence electrons. The fraction of sp³-hybridized carbons (Fsp3) is 0.630. The van der Waals surface area contributed by atoms with Gasteiger partial charge in [-0.2, -0.15) is 5.10 Å². The van der Waals surface area contributed by atoms with Gasteiger partial charge in [-0.25, -0.2) is 0 Å². The zero-order valence-corrected chi connectivity index (χ0v) is 20.1. The zero-order valence-electron chi connectivity index (χ0n) is 20.1. The van der Waals surface area contributed by atoms with Crippen molar-refractivity contribution in [1.29, 1.82) is 0 Å². The Hall–Kier alpha value is -2.14. The van der Waals surface area contributed by atoms with Crippen molar-refractivity contribution < 1.29 is 9.47 Å². The average Bonchev–Trinajstić information content (AvgIpc) is 2.81. The Bertz CT molecular complexity index is 848. The lowest BCUT2D eigenvalue weighted by Gasteiger charge is -2.34. The van der Waals surface area contributed by atoms with Crippen LogP contribution >= 0.6 is 0 Å². The van der Waals surface area contributed by atoms with E-state index in [2.05, 4.69) is 66.3 Å².